The number of aromatic hydroxyl groups is 1. The second-order valence-electron chi connectivity index (χ2n) is 4.39. The first kappa shape index (κ1) is 17.7. The van der Waals surface area contributed by atoms with Gasteiger partial charge in [-0.25, -0.2) is 0 Å². The second-order valence-corrected chi connectivity index (χ2v) is 5.61. The van der Waals surface area contributed by atoms with Gasteiger partial charge in [0.05, 0.1) is 32.5 Å². The van der Waals surface area contributed by atoms with Crippen molar-refractivity contribution >= 4 is 46.7 Å². The fraction of sp³-hybridized carbons (Fsp3) is 0.0714. The number of hydrogen-bond donors (Lipinski definition) is 2. The van der Waals surface area contributed by atoms with Crippen molar-refractivity contribution in [2.75, 3.05) is 5.43 Å². The Morgan fingerprint density at radius 1 is 1.00 bits per heavy atom. The third-order valence-electron chi connectivity index (χ3n) is 2.73. The van der Waals surface area contributed by atoms with Crippen LogP contribution in [0.2, 0.25) is 15.1 Å². The summed E-state index contributed by atoms with van der Waals surface area (Å²) in [5, 5.41) is 12.9. The van der Waals surface area contributed by atoms with Gasteiger partial charge in [-0.3, -0.25) is 5.43 Å². The molecule has 2 aromatic rings. The predicted molar refractivity (Wildman–Crippen MR) is 85.8 cm³/mol. The third kappa shape index (κ3) is 4.43. The molecule has 9 heteroatoms. The number of nitrogens with one attached hydrogen (secondary N) is 1. The minimum absolute atomic E-state index is 0.00561. The smallest absolute Gasteiger partial charge is 0.416 e. The van der Waals surface area contributed by atoms with Crippen molar-refractivity contribution in [3.8, 4) is 5.75 Å². The van der Waals surface area contributed by atoms with E-state index in [9.17, 15) is 18.3 Å². The lowest BCUT2D eigenvalue weighted by molar-refractivity contribution is -0.137. The van der Waals surface area contributed by atoms with Crippen LogP contribution in [0.3, 0.4) is 0 Å². The largest absolute Gasteiger partial charge is 0.508 e. The number of phenolic OH excluding ortho intramolecular Hbond substituents is 1. The zero-order valence-electron chi connectivity index (χ0n) is 11.1. The van der Waals surface area contributed by atoms with Gasteiger partial charge in [0.2, 0.25) is 0 Å². The maximum absolute atomic E-state index is 12.6. The predicted octanol–water partition coefficient (Wildman–Crippen LogP) is 5.82. The molecule has 0 saturated heterocycles. The highest BCUT2D eigenvalue weighted by atomic mass is 35.5. The van der Waals surface area contributed by atoms with Crippen molar-refractivity contribution < 1.29 is 18.3 Å². The molecule has 0 bridgehead atoms. The normalized spacial score (nSPS) is 11.9. The number of rotatable bonds is 3. The molecule has 0 aromatic heterocycles. The van der Waals surface area contributed by atoms with Gasteiger partial charge in [-0.1, -0.05) is 34.8 Å². The molecule has 0 aliphatic carbocycles. The number of anilines is 1. The SMILES string of the molecule is Oc1ccc(/C=N/Nc2c(Cl)cc(C(F)(F)F)cc2Cl)c(Cl)c1. The van der Waals surface area contributed by atoms with Crippen LogP contribution in [0, 0.1) is 0 Å². The fourth-order valence-electron chi connectivity index (χ4n) is 1.63. The van der Waals surface area contributed by atoms with Crippen LogP contribution < -0.4 is 5.43 Å². The molecule has 0 heterocycles. The first-order chi connectivity index (χ1) is 10.7. The lowest BCUT2D eigenvalue weighted by Crippen LogP contribution is -2.05. The molecular formula is C14H8Cl3F3N2O. The highest BCUT2D eigenvalue weighted by molar-refractivity contribution is 6.39. The van der Waals surface area contributed by atoms with Crippen LogP contribution in [0.1, 0.15) is 11.1 Å². The molecule has 2 rings (SSSR count). The van der Waals surface area contributed by atoms with E-state index in [1.54, 1.807) is 0 Å². The minimum Gasteiger partial charge on any atom is -0.508 e. The lowest BCUT2D eigenvalue weighted by Gasteiger charge is -2.11. The Hall–Kier alpha value is -1.63. The molecule has 0 saturated carbocycles. The Balaban J connectivity index is 2.22. The Bertz CT molecular complexity index is 740. The van der Waals surface area contributed by atoms with Gasteiger partial charge in [0.1, 0.15) is 5.75 Å². The van der Waals surface area contributed by atoms with Crippen LogP contribution in [0.15, 0.2) is 35.4 Å². The van der Waals surface area contributed by atoms with Crippen molar-refractivity contribution in [1.82, 2.24) is 0 Å². The summed E-state index contributed by atoms with van der Waals surface area (Å²) in [6, 6.07) is 5.74. The van der Waals surface area contributed by atoms with E-state index in [-0.39, 0.29) is 26.5 Å². The van der Waals surface area contributed by atoms with E-state index in [1.165, 1.54) is 24.4 Å². The summed E-state index contributed by atoms with van der Waals surface area (Å²) in [6.07, 6.45) is -3.24. The highest BCUT2D eigenvalue weighted by Gasteiger charge is 2.32. The average Bonchev–Trinajstić information content (AvgIpc) is 2.42. The number of hydrogen-bond acceptors (Lipinski definition) is 3. The van der Waals surface area contributed by atoms with E-state index in [0.717, 1.165) is 12.1 Å². The Morgan fingerprint density at radius 3 is 2.13 bits per heavy atom. The molecule has 2 N–H and O–H groups in total. The fourth-order valence-corrected chi connectivity index (χ4v) is 2.43. The van der Waals surface area contributed by atoms with Gasteiger partial charge in [0.15, 0.2) is 0 Å². The number of phenols is 1. The average molecular weight is 384 g/mol. The van der Waals surface area contributed by atoms with Crippen LogP contribution in [-0.2, 0) is 6.18 Å². The summed E-state index contributed by atoms with van der Waals surface area (Å²) in [5.41, 5.74) is 2.03. The molecule has 0 radical (unpaired) electrons. The first-order valence-corrected chi connectivity index (χ1v) is 7.15. The monoisotopic (exact) mass is 382 g/mol. The van der Waals surface area contributed by atoms with Crippen LogP contribution in [0.5, 0.6) is 5.75 Å². The van der Waals surface area contributed by atoms with Gasteiger partial charge < -0.3 is 5.11 Å². The molecule has 0 aliphatic rings. The zero-order chi connectivity index (χ0) is 17.2. The van der Waals surface area contributed by atoms with E-state index >= 15 is 0 Å². The molecule has 0 aliphatic heterocycles. The van der Waals surface area contributed by atoms with Crippen LogP contribution >= 0.6 is 34.8 Å². The maximum atomic E-state index is 12.6. The van der Waals surface area contributed by atoms with Crippen molar-refractivity contribution in [2.24, 2.45) is 5.10 Å². The Labute approximate surface area is 144 Å². The summed E-state index contributed by atoms with van der Waals surface area (Å²) in [4.78, 5) is 0. The molecule has 3 nitrogen and oxygen atoms in total. The number of nitrogens with zero attached hydrogens (tertiary/aromatic N) is 1. The molecule has 0 amide bonds. The van der Waals surface area contributed by atoms with Crippen molar-refractivity contribution in [1.29, 1.82) is 0 Å². The molecule has 0 spiro atoms. The van der Waals surface area contributed by atoms with Gasteiger partial charge in [-0.05, 0) is 30.3 Å². The number of benzene rings is 2. The molecule has 2 aromatic carbocycles. The summed E-state index contributed by atoms with van der Waals surface area (Å²) < 4.78 is 37.9. The van der Waals surface area contributed by atoms with Crippen molar-refractivity contribution in [2.45, 2.75) is 6.18 Å². The summed E-state index contributed by atoms with van der Waals surface area (Å²) in [5.74, 6) is -0.00561. The van der Waals surface area contributed by atoms with E-state index in [4.69, 9.17) is 34.8 Å². The summed E-state index contributed by atoms with van der Waals surface area (Å²) >= 11 is 17.5. The number of hydrazone groups is 1. The number of alkyl halides is 3. The van der Waals surface area contributed by atoms with E-state index in [1.807, 2.05) is 0 Å². The molecular weight excluding hydrogens is 376 g/mol. The molecule has 0 atom stereocenters. The number of halogens is 6. The van der Waals surface area contributed by atoms with E-state index < -0.39 is 11.7 Å². The van der Waals surface area contributed by atoms with Crippen LogP contribution in [0.25, 0.3) is 0 Å². The standard InChI is InChI=1S/C14H8Cl3F3N2O/c15-10-5-9(23)2-1-7(10)6-21-22-13-11(16)3-8(4-12(13)17)14(18,19)20/h1-6,22-23H/b21-6+. The topological polar surface area (TPSA) is 44.6 Å². The first-order valence-electron chi connectivity index (χ1n) is 6.02. The van der Waals surface area contributed by atoms with Gasteiger partial charge in [0.25, 0.3) is 0 Å². The van der Waals surface area contributed by atoms with Crippen molar-refractivity contribution in [3.63, 3.8) is 0 Å². The molecule has 122 valence electrons. The maximum Gasteiger partial charge on any atom is 0.416 e. The molecule has 0 fully saturated rings. The Morgan fingerprint density at radius 2 is 1.61 bits per heavy atom. The second kappa shape index (κ2) is 6.86. The molecule has 23 heavy (non-hydrogen) atoms. The summed E-state index contributed by atoms with van der Waals surface area (Å²) in [7, 11) is 0. The van der Waals surface area contributed by atoms with E-state index in [0.29, 0.717) is 5.56 Å². The van der Waals surface area contributed by atoms with Gasteiger partial charge >= 0.3 is 6.18 Å². The third-order valence-corrected chi connectivity index (χ3v) is 3.66. The quantitative estimate of drug-likeness (QED) is 0.518. The molecule has 0 unspecified atom stereocenters. The van der Waals surface area contributed by atoms with Gasteiger partial charge in [-0.2, -0.15) is 18.3 Å². The van der Waals surface area contributed by atoms with Crippen LogP contribution in [-0.4, -0.2) is 11.3 Å². The van der Waals surface area contributed by atoms with Crippen LogP contribution in [0.4, 0.5) is 18.9 Å². The minimum atomic E-state index is -4.55. The Kier molecular flexibility index (Phi) is 5.29. The zero-order valence-corrected chi connectivity index (χ0v) is 13.4. The van der Waals surface area contributed by atoms with Gasteiger partial charge in [-0.15, -0.1) is 0 Å². The van der Waals surface area contributed by atoms with Gasteiger partial charge in [0, 0.05) is 5.56 Å². The van der Waals surface area contributed by atoms with Crippen molar-refractivity contribution in [3.05, 3.63) is 56.5 Å². The van der Waals surface area contributed by atoms with E-state index in [2.05, 4.69) is 10.5 Å². The lowest BCUT2D eigenvalue weighted by atomic mass is 10.2. The summed E-state index contributed by atoms with van der Waals surface area (Å²) in [6.45, 7) is 0. The highest BCUT2D eigenvalue weighted by Crippen LogP contribution is 2.38.